The first-order valence-corrected chi connectivity index (χ1v) is 7.35. The van der Waals surface area contributed by atoms with Crippen LogP contribution in [0.4, 0.5) is 0 Å². The quantitative estimate of drug-likeness (QED) is 0.671. The van der Waals surface area contributed by atoms with Crippen LogP contribution in [0, 0.1) is 13.8 Å². The fourth-order valence-corrected chi connectivity index (χ4v) is 2.62. The van der Waals surface area contributed by atoms with Gasteiger partial charge >= 0.3 is 5.97 Å². The summed E-state index contributed by atoms with van der Waals surface area (Å²) < 4.78 is 5.04. The standard InChI is InChI=1S/C17H16ClNO4/c1-9-15(11(3)20)10(2)19-16(9)17(22)23-8-14(21)12-5-4-6-13(18)7-12/h4-7,19H,8H2,1-3H3. The van der Waals surface area contributed by atoms with E-state index in [0.717, 1.165) is 0 Å². The predicted molar refractivity (Wildman–Crippen MR) is 86.3 cm³/mol. The Morgan fingerprint density at radius 2 is 1.91 bits per heavy atom. The molecule has 5 nitrogen and oxygen atoms in total. The number of aromatic amines is 1. The first kappa shape index (κ1) is 17.0. The summed E-state index contributed by atoms with van der Waals surface area (Å²) in [5.41, 5.74) is 2.15. The second kappa shape index (κ2) is 6.79. The molecule has 0 atom stereocenters. The van der Waals surface area contributed by atoms with Gasteiger partial charge in [0.15, 0.2) is 18.2 Å². The average molecular weight is 334 g/mol. The molecule has 1 aromatic heterocycles. The van der Waals surface area contributed by atoms with Crippen molar-refractivity contribution in [2.24, 2.45) is 0 Å². The van der Waals surface area contributed by atoms with Gasteiger partial charge in [-0.3, -0.25) is 9.59 Å². The van der Waals surface area contributed by atoms with Crippen LogP contribution in [0.2, 0.25) is 5.02 Å². The van der Waals surface area contributed by atoms with E-state index >= 15 is 0 Å². The Morgan fingerprint density at radius 3 is 2.48 bits per heavy atom. The zero-order valence-corrected chi connectivity index (χ0v) is 13.8. The van der Waals surface area contributed by atoms with Gasteiger partial charge in [0, 0.05) is 21.8 Å². The van der Waals surface area contributed by atoms with Crippen molar-refractivity contribution < 1.29 is 19.1 Å². The Balaban J connectivity index is 2.10. The molecule has 0 unspecified atom stereocenters. The third kappa shape index (κ3) is 3.68. The number of carbonyl (C=O) groups excluding carboxylic acids is 3. The number of rotatable bonds is 5. The maximum atomic E-state index is 12.1. The van der Waals surface area contributed by atoms with Crippen molar-refractivity contribution in [3.8, 4) is 0 Å². The van der Waals surface area contributed by atoms with Crippen molar-refractivity contribution in [3.05, 3.63) is 57.4 Å². The van der Waals surface area contributed by atoms with Crippen LogP contribution in [0.25, 0.3) is 0 Å². The highest BCUT2D eigenvalue weighted by Gasteiger charge is 2.21. The topological polar surface area (TPSA) is 76.2 Å². The van der Waals surface area contributed by atoms with E-state index in [1.54, 1.807) is 32.0 Å². The molecule has 2 rings (SSSR count). The van der Waals surface area contributed by atoms with Crippen molar-refractivity contribution >= 4 is 29.1 Å². The Kier molecular flexibility index (Phi) is 5.01. The van der Waals surface area contributed by atoms with Gasteiger partial charge < -0.3 is 9.72 Å². The molecule has 120 valence electrons. The minimum atomic E-state index is -0.673. The normalized spacial score (nSPS) is 10.4. The SMILES string of the molecule is CC(=O)c1c(C)[nH]c(C(=O)OCC(=O)c2cccc(Cl)c2)c1C. The second-order valence-corrected chi connectivity index (χ2v) is 5.63. The van der Waals surface area contributed by atoms with Gasteiger partial charge in [-0.25, -0.2) is 4.79 Å². The van der Waals surface area contributed by atoms with Crippen LogP contribution in [0.5, 0.6) is 0 Å². The van der Waals surface area contributed by atoms with E-state index in [9.17, 15) is 14.4 Å². The maximum absolute atomic E-state index is 12.1. The van der Waals surface area contributed by atoms with E-state index < -0.39 is 12.6 Å². The third-order valence-corrected chi connectivity index (χ3v) is 3.71. The Hall–Kier alpha value is -2.40. The number of hydrogen-bond donors (Lipinski definition) is 1. The zero-order chi connectivity index (χ0) is 17.1. The molecule has 0 aliphatic heterocycles. The van der Waals surface area contributed by atoms with E-state index in [1.165, 1.54) is 13.0 Å². The minimum absolute atomic E-state index is 0.134. The Bertz CT molecular complexity index is 792. The van der Waals surface area contributed by atoms with Gasteiger partial charge in [0.25, 0.3) is 0 Å². The molecule has 0 aliphatic rings. The number of hydrogen-bond acceptors (Lipinski definition) is 4. The largest absolute Gasteiger partial charge is 0.453 e. The molecule has 0 radical (unpaired) electrons. The molecular weight excluding hydrogens is 318 g/mol. The van der Waals surface area contributed by atoms with E-state index in [4.69, 9.17) is 16.3 Å². The van der Waals surface area contributed by atoms with Crippen LogP contribution < -0.4 is 0 Å². The van der Waals surface area contributed by atoms with Gasteiger partial charge in [0.1, 0.15) is 5.69 Å². The third-order valence-electron chi connectivity index (χ3n) is 3.47. The number of ketones is 2. The van der Waals surface area contributed by atoms with Crippen molar-refractivity contribution in [2.75, 3.05) is 6.61 Å². The Morgan fingerprint density at radius 1 is 1.22 bits per heavy atom. The zero-order valence-electron chi connectivity index (χ0n) is 13.0. The number of aromatic nitrogens is 1. The molecule has 0 amide bonds. The van der Waals surface area contributed by atoms with Gasteiger partial charge in [0.2, 0.25) is 0 Å². The molecule has 23 heavy (non-hydrogen) atoms. The van der Waals surface area contributed by atoms with Crippen molar-refractivity contribution in [2.45, 2.75) is 20.8 Å². The monoisotopic (exact) mass is 333 g/mol. The van der Waals surface area contributed by atoms with Crippen LogP contribution in [0.3, 0.4) is 0 Å². The molecule has 6 heteroatoms. The summed E-state index contributed by atoms with van der Waals surface area (Å²) in [6.45, 7) is 4.40. The summed E-state index contributed by atoms with van der Waals surface area (Å²) in [6.07, 6.45) is 0. The van der Waals surface area contributed by atoms with Crippen LogP contribution in [-0.4, -0.2) is 29.1 Å². The second-order valence-electron chi connectivity index (χ2n) is 5.19. The number of carbonyl (C=O) groups is 3. The number of Topliss-reactive ketones (excluding diaryl/α,β-unsaturated/α-hetero) is 2. The first-order chi connectivity index (χ1) is 10.8. The summed E-state index contributed by atoms with van der Waals surface area (Å²) in [4.78, 5) is 38.5. The number of aryl methyl sites for hydroxylation is 1. The fraction of sp³-hybridized carbons (Fsp3) is 0.235. The molecule has 0 spiro atoms. The first-order valence-electron chi connectivity index (χ1n) is 6.97. The number of ether oxygens (including phenoxy) is 1. The van der Waals surface area contributed by atoms with Crippen molar-refractivity contribution in [3.63, 3.8) is 0 Å². The van der Waals surface area contributed by atoms with Gasteiger partial charge in [-0.15, -0.1) is 0 Å². The minimum Gasteiger partial charge on any atom is -0.453 e. The molecule has 0 aliphatic carbocycles. The van der Waals surface area contributed by atoms with Gasteiger partial charge in [0.05, 0.1) is 0 Å². The number of H-pyrrole nitrogens is 1. The summed E-state index contributed by atoms with van der Waals surface area (Å²) >= 11 is 5.82. The van der Waals surface area contributed by atoms with E-state index in [-0.39, 0.29) is 17.3 Å². The summed E-state index contributed by atoms with van der Waals surface area (Å²) in [5, 5.41) is 0.434. The number of benzene rings is 1. The molecule has 0 fully saturated rings. The average Bonchev–Trinajstić information content (AvgIpc) is 2.79. The molecule has 0 saturated heterocycles. The lowest BCUT2D eigenvalue weighted by Crippen LogP contribution is -2.15. The van der Waals surface area contributed by atoms with Gasteiger partial charge in [-0.05, 0) is 38.5 Å². The highest BCUT2D eigenvalue weighted by atomic mass is 35.5. The smallest absolute Gasteiger partial charge is 0.355 e. The van der Waals surface area contributed by atoms with Crippen LogP contribution >= 0.6 is 11.6 Å². The maximum Gasteiger partial charge on any atom is 0.355 e. The van der Waals surface area contributed by atoms with Crippen molar-refractivity contribution in [1.29, 1.82) is 0 Å². The predicted octanol–water partition coefficient (Wildman–Crippen LogP) is 3.53. The van der Waals surface area contributed by atoms with Crippen LogP contribution in [0.15, 0.2) is 24.3 Å². The van der Waals surface area contributed by atoms with Gasteiger partial charge in [-0.2, -0.15) is 0 Å². The fourth-order valence-electron chi connectivity index (χ4n) is 2.43. The molecule has 1 heterocycles. The lowest BCUT2D eigenvalue weighted by Gasteiger charge is -2.04. The summed E-state index contributed by atoms with van der Waals surface area (Å²) in [7, 11) is 0. The van der Waals surface area contributed by atoms with Crippen molar-refractivity contribution in [1.82, 2.24) is 4.98 Å². The van der Waals surface area contributed by atoms with E-state index in [2.05, 4.69) is 4.98 Å². The molecule has 2 aromatic rings. The summed E-state index contributed by atoms with van der Waals surface area (Å²) in [5.74, 6) is -1.16. The Labute approximate surface area is 138 Å². The molecule has 1 N–H and O–H groups in total. The van der Waals surface area contributed by atoms with Crippen LogP contribution in [-0.2, 0) is 4.74 Å². The molecule has 1 aromatic carbocycles. The molecular formula is C17H16ClNO4. The highest BCUT2D eigenvalue weighted by Crippen LogP contribution is 2.19. The highest BCUT2D eigenvalue weighted by molar-refractivity contribution is 6.31. The van der Waals surface area contributed by atoms with Crippen LogP contribution in [0.1, 0.15) is 49.4 Å². The lowest BCUT2D eigenvalue weighted by atomic mass is 10.1. The molecule has 0 saturated carbocycles. The van der Waals surface area contributed by atoms with E-state index in [0.29, 0.717) is 27.4 Å². The number of nitrogens with one attached hydrogen (secondary N) is 1. The number of esters is 1. The lowest BCUT2D eigenvalue weighted by molar-refractivity contribution is 0.0468. The summed E-state index contributed by atoms with van der Waals surface area (Å²) in [6, 6.07) is 6.41. The number of halogens is 1. The van der Waals surface area contributed by atoms with Gasteiger partial charge in [-0.1, -0.05) is 23.7 Å². The van der Waals surface area contributed by atoms with E-state index in [1.807, 2.05) is 0 Å². The molecule has 0 bridgehead atoms.